The van der Waals surface area contributed by atoms with Gasteiger partial charge in [0.15, 0.2) is 0 Å². The second-order valence-electron chi connectivity index (χ2n) is 6.21. The molecule has 0 atom stereocenters. The third-order valence-corrected chi connectivity index (χ3v) is 5.14. The first-order chi connectivity index (χ1) is 12.3. The van der Waals surface area contributed by atoms with Crippen molar-refractivity contribution in [1.29, 1.82) is 0 Å². The summed E-state index contributed by atoms with van der Waals surface area (Å²) in [6, 6.07) is 26.7. The molecule has 4 aromatic carbocycles. The molecule has 0 bridgehead atoms. The fourth-order valence-corrected chi connectivity index (χ4v) is 3.96. The average Bonchev–Trinajstić information content (AvgIpc) is 2.97. The lowest BCUT2D eigenvalue weighted by Crippen LogP contribution is -1.94. The molecule has 2 N–H and O–H groups in total. The van der Waals surface area contributed by atoms with Crippen LogP contribution < -0.4 is 5.73 Å². The number of halogens is 1. The number of nitrogens with two attached hydrogens (primary N) is 1. The van der Waals surface area contributed by atoms with E-state index in [0.29, 0.717) is 0 Å². The van der Waals surface area contributed by atoms with E-state index in [4.69, 9.17) is 17.3 Å². The van der Waals surface area contributed by atoms with Gasteiger partial charge in [0.05, 0.1) is 21.7 Å². The highest BCUT2D eigenvalue weighted by molar-refractivity contribution is 6.33. The maximum atomic E-state index is 6.52. The molecule has 5 aromatic rings. The minimum absolute atomic E-state index is 0.734. The first-order valence-corrected chi connectivity index (χ1v) is 8.59. The summed E-state index contributed by atoms with van der Waals surface area (Å²) in [4.78, 5) is 0. The molecule has 3 heteroatoms. The Morgan fingerprint density at radius 3 is 2.28 bits per heavy atom. The van der Waals surface area contributed by atoms with Gasteiger partial charge in [-0.15, -0.1) is 0 Å². The zero-order valence-corrected chi connectivity index (χ0v) is 14.2. The number of fused-ring (bicyclic) bond motifs is 5. The maximum Gasteiger partial charge on any atom is 0.0648 e. The van der Waals surface area contributed by atoms with Gasteiger partial charge in [-0.05, 0) is 35.7 Å². The molecule has 1 heterocycles. The van der Waals surface area contributed by atoms with E-state index in [9.17, 15) is 0 Å². The monoisotopic (exact) mass is 342 g/mol. The average molecular weight is 343 g/mol. The molecular weight excluding hydrogens is 328 g/mol. The molecule has 0 saturated carbocycles. The predicted octanol–water partition coefficient (Wildman–Crippen LogP) is 6.17. The van der Waals surface area contributed by atoms with Gasteiger partial charge < -0.3 is 10.3 Å². The lowest BCUT2D eigenvalue weighted by Gasteiger charge is -2.10. The minimum atomic E-state index is 0.734. The van der Waals surface area contributed by atoms with Crippen LogP contribution in [-0.2, 0) is 0 Å². The molecule has 1 aromatic heterocycles. The van der Waals surface area contributed by atoms with Crippen molar-refractivity contribution in [3.63, 3.8) is 0 Å². The largest absolute Gasteiger partial charge is 0.398 e. The summed E-state index contributed by atoms with van der Waals surface area (Å²) in [5.41, 5.74) is 10.3. The highest BCUT2D eigenvalue weighted by Gasteiger charge is 2.16. The molecule has 0 unspecified atom stereocenters. The van der Waals surface area contributed by atoms with Crippen molar-refractivity contribution in [3.8, 4) is 5.69 Å². The molecule has 0 saturated heterocycles. The first-order valence-electron chi connectivity index (χ1n) is 8.21. The van der Waals surface area contributed by atoms with Crippen molar-refractivity contribution >= 4 is 49.9 Å². The summed E-state index contributed by atoms with van der Waals surface area (Å²) < 4.78 is 2.23. The Kier molecular flexibility index (Phi) is 3.03. The molecule has 0 amide bonds. The van der Waals surface area contributed by atoms with Crippen molar-refractivity contribution in [3.05, 3.63) is 83.9 Å². The van der Waals surface area contributed by atoms with Gasteiger partial charge >= 0.3 is 0 Å². The Morgan fingerprint density at radius 1 is 0.640 bits per heavy atom. The quantitative estimate of drug-likeness (QED) is 0.363. The Labute approximate surface area is 150 Å². The van der Waals surface area contributed by atoms with E-state index in [1.165, 1.54) is 16.2 Å². The van der Waals surface area contributed by atoms with Gasteiger partial charge in [0.2, 0.25) is 0 Å². The number of hydrogen-bond acceptors (Lipinski definition) is 1. The molecule has 25 heavy (non-hydrogen) atoms. The summed E-state index contributed by atoms with van der Waals surface area (Å²) >= 11 is 6.52. The molecule has 120 valence electrons. The van der Waals surface area contributed by atoms with Crippen LogP contribution in [0.3, 0.4) is 0 Å². The third kappa shape index (κ3) is 1.98. The molecular formula is C22H15ClN2. The summed E-state index contributed by atoms with van der Waals surface area (Å²) in [5.74, 6) is 0. The highest BCUT2D eigenvalue weighted by Crippen LogP contribution is 2.39. The van der Waals surface area contributed by atoms with Gasteiger partial charge in [0, 0.05) is 21.8 Å². The van der Waals surface area contributed by atoms with E-state index >= 15 is 0 Å². The fourth-order valence-electron chi connectivity index (χ4n) is 3.74. The van der Waals surface area contributed by atoms with Crippen molar-refractivity contribution in [2.75, 3.05) is 5.73 Å². The summed E-state index contributed by atoms with van der Waals surface area (Å²) in [7, 11) is 0. The zero-order chi connectivity index (χ0) is 17.0. The van der Waals surface area contributed by atoms with E-state index in [0.717, 1.165) is 32.8 Å². The molecule has 2 nitrogen and oxygen atoms in total. The van der Waals surface area contributed by atoms with E-state index in [-0.39, 0.29) is 0 Å². The minimum Gasteiger partial charge on any atom is -0.398 e. The van der Waals surface area contributed by atoms with Gasteiger partial charge in [0.25, 0.3) is 0 Å². The molecule has 0 aliphatic carbocycles. The molecule has 0 aliphatic rings. The van der Waals surface area contributed by atoms with Gasteiger partial charge in [-0.2, -0.15) is 0 Å². The zero-order valence-electron chi connectivity index (χ0n) is 13.4. The second-order valence-corrected chi connectivity index (χ2v) is 6.61. The van der Waals surface area contributed by atoms with Crippen LogP contribution >= 0.6 is 11.6 Å². The lowest BCUT2D eigenvalue weighted by molar-refractivity contribution is 1.18. The number of anilines is 1. The van der Waals surface area contributed by atoms with Crippen molar-refractivity contribution < 1.29 is 0 Å². The molecule has 5 rings (SSSR count). The lowest BCUT2D eigenvalue weighted by atomic mass is 10.0. The standard InChI is InChI=1S/C22H15ClN2/c23-17-8-2-4-11-20(17)25-19-10-3-1-6-16(19)22-15-7-5-9-18(24)14(15)12-13-21(22)25/h1-13H,24H2. The first kappa shape index (κ1) is 14.4. The summed E-state index contributed by atoms with van der Waals surface area (Å²) in [6.45, 7) is 0. The van der Waals surface area contributed by atoms with Crippen molar-refractivity contribution in [2.45, 2.75) is 0 Å². The van der Waals surface area contributed by atoms with Crippen LogP contribution in [0.1, 0.15) is 0 Å². The Hall–Kier alpha value is -2.97. The molecule has 0 radical (unpaired) electrons. The van der Waals surface area contributed by atoms with Crippen LogP contribution in [0.5, 0.6) is 0 Å². The van der Waals surface area contributed by atoms with Crippen LogP contribution in [0.4, 0.5) is 5.69 Å². The van der Waals surface area contributed by atoms with Crippen LogP contribution in [0.2, 0.25) is 5.02 Å². The number of rotatable bonds is 1. The van der Waals surface area contributed by atoms with E-state index < -0.39 is 0 Å². The smallest absolute Gasteiger partial charge is 0.0648 e. The molecule has 0 fully saturated rings. The van der Waals surface area contributed by atoms with Crippen LogP contribution in [-0.4, -0.2) is 4.57 Å². The van der Waals surface area contributed by atoms with Crippen LogP contribution in [0, 0.1) is 0 Å². The topological polar surface area (TPSA) is 30.9 Å². The fraction of sp³-hybridized carbons (Fsp3) is 0. The second kappa shape index (κ2) is 5.27. The van der Waals surface area contributed by atoms with E-state index in [2.05, 4.69) is 53.1 Å². The Bertz CT molecular complexity index is 1270. The van der Waals surface area contributed by atoms with Crippen LogP contribution in [0.15, 0.2) is 78.9 Å². The SMILES string of the molecule is Nc1cccc2c1ccc1c2c2ccccc2n1-c1ccccc1Cl. The molecule has 0 spiro atoms. The number of aromatic nitrogens is 1. The normalized spacial score (nSPS) is 11.6. The number of nitrogen functional groups attached to an aromatic ring is 1. The van der Waals surface area contributed by atoms with Crippen molar-refractivity contribution in [1.82, 2.24) is 4.57 Å². The predicted molar refractivity (Wildman–Crippen MR) is 108 cm³/mol. The summed E-state index contributed by atoms with van der Waals surface area (Å²) in [5, 5.41) is 5.39. The third-order valence-electron chi connectivity index (χ3n) is 4.82. The number of hydrogen-bond donors (Lipinski definition) is 1. The van der Waals surface area contributed by atoms with E-state index in [1.54, 1.807) is 0 Å². The van der Waals surface area contributed by atoms with Gasteiger partial charge in [-0.3, -0.25) is 0 Å². The highest BCUT2D eigenvalue weighted by atomic mass is 35.5. The Morgan fingerprint density at radius 2 is 1.40 bits per heavy atom. The van der Waals surface area contributed by atoms with Gasteiger partial charge in [-0.1, -0.05) is 60.1 Å². The van der Waals surface area contributed by atoms with Crippen LogP contribution in [0.25, 0.3) is 38.3 Å². The number of para-hydroxylation sites is 2. The maximum absolute atomic E-state index is 6.52. The van der Waals surface area contributed by atoms with Gasteiger partial charge in [0.1, 0.15) is 0 Å². The van der Waals surface area contributed by atoms with Gasteiger partial charge in [-0.25, -0.2) is 0 Å². The Balaban J connectivity index is 2.07. The molecule has 0 aliphatic heterocycles. The van der Waals surface area contributed by atoms with E-state index in [1.807, 2.05) is 30.3 Å². The summed E-state index contributed by atoms with van der Waals surface area (Å²) in [6.07, 6.45) is 0. The number of nitrogens with zero attached hydrogens (tertiary/aromatic N) is 1. The number of benzene rings is 4. The van der Waals surface area contributed by atoms with Crippen molar-refractivity contribution in [2.24, 2.45) is 0 Å².